The second kappa shape index (κ2) is 5.21. The summed E-state index contributed by atoms with van der Waals surface area (Å²) in [5.74, 6) is 0. The van der Waals surface area contributed by atoms with Crippen molar-refractivity contribution in [2.75, 3.05) is 0 Å². The van der Waals surface area contributed by atoms with Crippen LogP contribution in [0.4, 0.5) is 0 Å². The minimum absolute atomic E-state index is 0.0555. The van der Waals surface area contributed by atoms with Crippen LogP contribution in [0.1, 0.15) is 5.56 Å². The normalized spacial score (nSPS) is 11.2. The van der Waals surface area contributed by atoms with Gasteiger partial charge in [0, 0.05) is 10.6 Å². The van der Waals surface area contributed by atoms with Gasteiger partial charge in [0.25, 0.3) is 0 Å². The molecular formula is C19H12ClNO2. The van der Waals surface area contributed by atoms with Crippen LogP contribution in [-0.4, -0.2) is 4.98 Å². The van der Waals surface area contributed by atoms with Crippen LogP contribution in [0.2, 0.25) is 5.02 Å². The molecule has 2 aromatic heterocycles. The molecular weight excluding hydrogens is 310 g/mol. The maximum absolute atomic E-state index is 12.6. The van der Waals surface area contributed by atoms with Crippen LogP contribution < -0.4 is 5.43 Å². The molecule has 0 spiro atoms. The molecule has 112 valence electrons. The summed E-state index contributed by atoms with van der Waals surface area (Å²) in [5, 5.41) is 1.74. The van der Waals surface area contributed by atoms with E-state index in [1.54, 1.807) is 6.07 Å². The molecule has 0 saturated heterocycles. The molecule has 0 aliphatic rings. The van der Waals surface area contributed by atoms with Gasteiger partial charge in [-0.3, -0.25) is 4.79 Å². The molecule has 4 rings (SSSR count). The molecule has 0 saturated carbocycles. The molecule has 0 aliphatic heterocycles. The van der Waals surface area contributed by atoms with Crippen molar-refractivity contribution in [2.24, 2.45) is 0 Å². The van der Waals surface area contributed by atoms with Crippen LogP contribution in [0.3, 0.4) is 0 Å². The van der Waals surface area contributed by atoms with Crippen LogP contribution in [-0.2, 0) is 0 Å². The Bertz CT molecular complexity index is 1100. The van der Waals surface area contributed by atoms with E-state index in [9.17, 15) is 4.79 Å². The van der Waals surface area contributed by atoms with Crippen LogP contribution in [0.15, 0.2) is 63.8 Å². The van der Waals surface area contributed by atoms with E-state index >= 15 is 0 Å². The molecule has 0 amide bonds. The molecule has 2 aromatic carbocycles. The topological polar surface area (TPSA) is 43.1 Å². The van der Waals surface area contributed by atoms with Crippen molar-refractivity contribution in [3.8, 4) is 11.3 Å². The summed E-state index contributed by atoms with van der Waals surface area (Å²) in [6.07, 6.45) is 0. The predicted octanol–water partition coefficient (Wildman–Crippen LogP) is 4.97. The summed E-state index contributed by atoms with van der Waals surface area (Å²) >= 11 is 5.91. The average molecular weight is 322 g/mol. The van der Waals surface area contributed by atoms with Gasteiger partial charge in [-0.25, -0.2) is 4.98 Å². The van der Waals surface area contributed by atoms with E-state index in [0.29, 0.717) is 27.1 Å². The average Bonchev–Trinajstić information content (AvgIpc) is 2.56. The van der Waals surface area contributed by atoms with Gasteiger partial charge < -0.3 is 4.42 Å². The van der Waals surface area contributed by atoms with Gasteiger partial charge in [-0.1, -0.05) is 35.4 Å². The molecule has 0 unspecified atom stereocenters. The SMILES string of the molecule is Cc1ccc2oc3nc(-c4ccc(Cl)cc4)ccc3c(=O)c2c1. The van der Waals surface area contributed by atoms with Crippen molar-refractivity contribution in [1.82, 2.24) is 4.98 Å². The first-order valence-electron chi connectivity index (χ1n) is 7.22. The Labute approximate surface area is 137 Å². The maximum atomic E-state index is 12.6. The van der Waals surface area contributed by atoms with Crippen molar-refractivity contribution >= 4 is 33.7 Å². The van der Waals surface area contributed by atoms with Crippen molar-refractivity contribution in [1.29, 1.82) is 0 Å². The van der Waals surface area contributed by atoms with E-state index in [1.807, 2.05) is 55.5 Å². The molecule has 2 heterocycles. The van der Waals surface area contributed by atoms with Gasteiger partial charge in [-0.2, -0.15) is 0 Å². The first-order valence-corrected chi connectivity index (χ1v) is 7.60. The number of halogens is 1. The lowest BCUT2D eigenvalue weighted by Crippen LogP contribution is -2.03. The standard InChI is InChI=1S/C19H12ClNO2/c1-11-2-9-17-15(10-11)18(22)14-7-8-16(21-19(14)23-17)12-3-5-13(20)6-4-12/h2-10H,1H3. The number of benzene rings is 2. The lowest BCUT2D eigenvalue weighted by atomic mass is 10.1. The largest absolute Gasteiger partial charge is 0.437 e. The summed E-state index contributed by atoms with van der Waals surface area (Å²) < 4.78 is 5.83. The van der Waals surface area contributed by atoms with Gasteiger partial charge in [0.2, 0.25) is 11.1 Å². The molecule has 4 aromatic rings. The summed E-state index contributed by atoms with van der Waals surface area (Å²) in [6.45, 7) is 1.95. The summed E-state index contributed by atoms with van der Waals surface area (Å²) in [7, 11) is 0. The fourth-order valence-corrected chi connectivity index (χ4v) is 2.76. The number of pyridine rings is 1. The lowest BCUT2D eigenvalue weighted by molar-refractivity contribution is 0.645. The van der Waals surface area contributed by atoms with Crippen molar-refractivity contribution in [2.45, 2.75) is 6.92 Å². The summed E-state index contributed by atoms with van der Waals surface area (Å²) in [5.41, 5.74) is 3.52. The number of nitrogens with zero attached hydrogens (tertiary/aromatic N) is 1. The zero-order valence-corrected chi connectivity index (χ0v) is 13.1. The number of hydrogen-bond acceptors (Lipinski definition) is 3. The van der Waals surface area contributed by atoms with Crippen molar-refractivity contribution < 1.29 is 4.42 Å². The molecule has 0 atom stereocenters. The Morgan fingerprint density at radius 3 is 2.52 bits per heavy atom. The summed E-state index contributed by atoms with van der Waals surface area (Å²) in [4.78, 5) is 17.1. The Morgan fingerprint density at radius 1 is 0.957 bits per heavy atom. The van der Waals surface area contributed by atoms with E-state index in [2.05, 4.69) is 4.98 Å². The number of rotatable bonds is 1. The maximum Gasteiger partial charge on any atom is 0.231 e. The van der Waals surface area contributed by atoms with Gasteiger partial charge >= 0.3 is 0 Å². The van der Waals surface area contributed by atoms with Crippen molar-refractivity contribution in [3.63, 3.8) is 0 Å². The third-order valence-electron chi connectivity index (χ3n) is 3.83. The lowest BCUT2D eigenvalue weighted by Gasteiger charge is -2.05. The first-order chi connectivity index (χ1) is 11.1. The van der Waals surface area contributed by atoms with Crippen molar-refractivity contribution in [3.05, 3.63) is 75.4 Å². The molecule has 0 N–H and O–H groups in total. The highest BCUT2D eigenvalue weighted by molar-refractivity contribution is 6.30. The fourth-order valence-electron chi connectivity index (χ4n) is 2.63. The molecule has 0 aliphatic carbocycles. The predicted molar refractivity (Wildman–Crippen MR) is 93.0 cm³/mol. The third-order valence-corrected chi connectivity index (χ3v) is 4.08. The number of aryl methyl sites for hydroxylation is 1. The second-order valence-corrected chi connectivity index (χ2v) is 5.92. The van der Waals surface area contributed by atoms with Gasteiger partial charge in [0.1, 0.15) is 5.58 Å². The zero-order chi connectivity index (χ0) is 16.0. The van der Waals surface area contributed by atoms with Crippen LogP contribution in [0.5, 0.6) is 0 Å². The van der Waals surface area contributed by atoms with E-state index in [4.69, 9.17) is 16.0 Å². The van der Waals surface area contributed by atoms with Crippen LogP contribution >= 0.6 is 11.6 Å². The molecule has 0 radical (unpaired) electrons. The number of aromatic nitrogens is 1. The quantitative estimate of drug-likeness (QED) is 0.465. The third kappa shape index (κ3) is 2.39. The van der Waals surface area contributed by atoms with E-state index in [1.165, 1.54) is 0 Å². The van der Waals surface area contributed by atoms with E-state index in [0.717, 1.165) is 16.8 Å². The number of fused-ring (bicyclic) bond motifs is 2. The smallest absolute Gasteiger partial charge is 0.231 e. The zero-order valence-electron chi connectivity index (χ0n) is 12.3. The number of hydrogen-bond donors (Lipinski definition) is 0. The molecule has 23 heavy (non-hydrogen) atoms. The Hall–Kier alpha value is -2.65. The van der Waals surface area contributed by atoms with Gasteiger partial charge in [0.15, 0.2) is 0 Å². The summed E-state index contributed by atoms with van der Waals surface area (Å²) in [6, 6.07) is 16.5. The molecule has 0 fully saturated rings. The minimum atomic E-state index is -0.0555. The highest BCUT2D eigenvalue weighted by Crippen LogP contribution is 2.24. The minimum Gasteiger partial charge on any atom is -0.437 e. The Kier molecular flexibility index (Phi) is 3.17. The highest BCUT2D eigenvalue weighted by Gasteiger charge is 2.10. The van der Waals surface area contributed by atoms with E-state index in [-0.39, 0.29) is 5.43 Å². The fraction of sp³-hybridized carbons (Fsp3) is 0.0526. The van der Waals surface area contributed by atoms with Crippen LogP contribution in [0.25, 0.3) is 33.3 Å². The first kappa shape index (κ1) is 14.0. The highest BCUT2D eigenvalue weighted by atomic mass is 35.5. The molecule has 0 bridgehead atoms. The molecule has 4 heteroatoms. The monoisotopic (exact) mass is 321 g/mol. The van der Waals surface area contributed by atoms with Crippen LogP contribution in [0, 0.1) is 6.92 Å². The second-order valence-electron chi connectivity index (χ2n) is 5.49. The molecule has 3 nitrogen and oxygen atoms in total. The van der Waals surface area contributed by atoms with Gasteiger partial charge in [0.05, 0.1) is 16.5 Å². The Balaban J connectivity index is 1.99. The Morgan fingerprint density at radius 2 is 1.74 bits per heavy atom. The van der Waals surface area contributed by atoms with Gasteiger partial charge in [-0.05, 0) is 43.3 Å². The van der Waals surface area contributed by atoms with E-state index < -0.39 is 0 Å². The van der Waals surface area contributed by atoms with Gasteiger partial charge in [-0.15, -0.1) is 0 Å².